The Bertz CT molecular complexity index is 1010. The molecular weight excluding hydrogens is 389 g/mol. The van der Waals surface area contributed by atoms with E-state index in [0.717, 1.165) is 5.39 Å². The molecule has 0 spiro atoms. The van der Waals surface area contributed by atoms with Gasteiger partial charge in [0.25, 0.3) is 0 Å². The summed E-state index contributed by atoms with van der Waals surface area (Å²) in [6, 6.07) is 15.2. The minimum absolute atomic E-state index is 0.0547. The number of fused-ring (bicyclic) bond motifs is 1. The molecule has 0 aliphatic heterocycles. The molecule has 0 aromatic heterocycles. The molecule has 3 aromatic rings. The van der Waals surface area contributed by atoms with E-state index in [1.54, 1.807) is 36.4 Å². The van der Waals surface area contributed by atoms with Gasteiger partial charge >= 0.3 is 0 Å². The van der Waals surface area contributed by atoms with Crippen molar-refractivity contribution in [2.24, 2.45) is 0 Å². The maximum Gasteiger partial charge on any atom is 0.241 e. The molecule has 0 fully saturated rings. The van der Waals surface area contributed by atoms with Crippen molar-refractivity contribution in [2.75, 3.05) is 0 Å². The van der Waals surface area contributed by atoms with Crippen LogP contribution in [0.1, 0.15) is 5.56 Å². The lowest BCUT2D eigenvalue weighted by molar-refractivity contribution is 0.582. The minimum atomic E-state index is -3.76. The zero-order valence-electron chi connectivity index (χ0n) is 12.3. The van der Waals surface area contributed by atoms with Crippen LogP contribution in [-0.4, -0.2) is 8.42 Å². The smallest absolute Gasteiger partial charge is 0.207 e. The summed E-state index contributed by atoms with van der Waals surface area (Å²) in [6.07, 6.45) is 0. The van der Waals surface area contributed by atoms with Crippen molar-refractivity contribution in [1.82, 2.24) is 4.72 Å². The van der Waals surface area contributed by atoms with Crippen LogP contribution in [0.15, 0.2) is 59.5 Å². The third kappa shape index (κ3) is 3.53. The van der Waals surface area contributed by atoms with E-state index >= 15 is 0 Å². The van der Waals surface area contributed by atoms with Crippen molar-refractivity contribution >= 4 is 55.6 Å². The van der Waals surface area contributed by atoms with Crippen molar-refractivity contribution < 1.29 is 8.42 Å². The van der Waals surface area contributed by atoms with Crippen LogP contribution in [0.25, 0.3) is 10.8 Å². The van der Waals surface area contributed by atoms with E-state index in [2.05, 4.69) is 4.72 Å². The molecule has 0 heterocycles. The zero-order valence-corrected chi connectivity index (χ0v) is 15.3. The molecule has 0 amide bonds. The summed E-state index contributed by atoms with van der Waals surface area (Å²) in [6.45, 7) is 0.0547. The maximum absolute atomic E-state index is 12.7. The second-order valence-corrected chi connectivity index (χ2v) is 8.14. The van der Waals surface area contributed by atoms with Gasteiger partial charge in [0.05, 0.1) is 4.90 Å². The molecule has 0 radical (unpaired) electrons. The molecule has 24 heavy (non-hydrogen) atoms. The second kappa shape index (κ2) is 6.90. The highest BCUT2D eigenvalue weighted by Crippen LogP contribution is 2.30. The summed E-state index contributed by atoms with van der Waals surface area (Å²) in [5.41, 5.74) is 0.635. The highest BCUT2D eigenvalue weighted by molar-refractivity contribution is 7.89. The van der Waals surface area contributed by atoms with Crippen LogP contribution in [0.3, 0.4) is 0 Å². The number of hydrogen-bond donors (Lipinski definition) is 1. The third-order valence-electron chi connectivity index (χ3n) is 3.57. The molecule has 0 saturated carbocycles. The summed E-state index contributed by atoms with van der Waals surface area (Å²) in [4.78, 5) is 0.135. The number of rotatable bonds is 4. The SMILES string of the molecule is O=S(=O)(NCc1ccc(Cl)cc1Cl)c1cccc2cccc(Cl)c12. The molecule has 0 aliphatic carbocycles. The van der Waals surface area contributed by atoms with Crippen LogP contribution < -0.4 is 4.72 Å². The largest absolute Gasteiger partial charge is 0.241 e. The quantitative estimate of drug-likeness (QED) is 0.647. The number of hydrogen-bond acceptors (Lipinski definition) is 2. The topological polar surface area (TPSA) is 46.2 Å². The van der Waals surface area contributed by atoms with Gasteiger partial charge in [-0.05, 0) is 35.2 Å². The van der Waals surface area contributed by atoms with Gasteiger partial charge in [0.1, 0.15) is 0 Å². The minimum Gasteiger partial charge on any atom is -0.207 e. The number of halogens is 3. The summed E-state index contributed by atoms with van der Waals surface area (Å²) in [5.74, 6) is 0. The lowest BCUT2D eigenvalue weighted by Crippen LogP contribution is -2.23. The summed E-state index contributed by atoms with van der Waals surface area (Å²) < 4.78 is 28.0. The van der Waals surface area contributed by atoms with E-state index < -0.39 is 10.0 Å². The first-order valence-electron chi connectivity index (χ1n) is 6.99. The summed E-state index contributed by atoms with van der Waals surface area (Å²) in [7, 11) is -3.76. The van der Waals surface area contributed by atoms with Crippen LogP contribution >= 0.6 is 34.8 Å². The van der Waals surface area contributed by atoms with E-state index in [-0.39, 0.29) is 11.4 Å². The van der Waals surface area contributed by atoms with Gasteiger partial charge in [-0.1, -0.05) is 65.1 Å². The molecule has 0 saturated heterocycles. The van der Waals surface area contributed by atoms with E-state index in [9.17, 15) is 8.42 Å². The standard InChI is InChI=1S/C17H12Cl3NO2S/c18-13-8-7-12(15(20)9-13)10-21-24(22,23)16-6-2-4-11-3-1-5-14(19)17(11)16/h1-9,21H,10H2. The van der Waals surface area contributed by atoms with Crippen LogP contribution in [0.4, 0.5) is 0 Å². The fourth-order valence-electron chi connectivity index (χ4n) is 2.40. The molecule has 3 aromatic carbocycles. The average Bonchev–Trinajstić information content (AvgIpc) is 2.54. The van der Waals surface area contributed by atoms with Gasteiger partial charge in [0, 0.05) is 27.0 Å². The molecule has 0 aliphatic rings. The van der Waals surface area contributed by atoms with Gasteiger partial charge in [-0.15, -0.1) is 0 Å². The van der Waals surface area contributed by atoms with Crippen molar-refractivity contribution in [3.05, 3.63) is 75.2 Å². The zero-order chi connectivity index (χ0) is 17.3. The van der Waals surface area contributed by atoms with Gasteiger partial charge in [0.2, 0.25) is 10.0 Å². The third-order valence-corrected chi connectivity index (χ3v) is 5.92. The molecule has 124 valence electrons. The van der Waals surface area contributed by atoms with Crippen molar-refractivity contribution in [2.45, 2.75) is 11.4 Å². The highest BCUT2D eigenvalue weighted by atomic mass is 35.5. The Kier molecular flexibility index (Phi) is 5.04. The van der Waals surface area contributed by atoms with Crippen molar-refractivity contribution in [3.63, 3.8) is 0 Å². The molecule has 0 atom stereocenters. The fourth-order valence-corrected chi connectivity index (χ4v) is 4.47. The Morgan fingerprint density at radius 3 is 2.29 bits per heavy atom. The molecule has 7 heteroatoms. The number of nitrogens with one attached hydrogen (secondary N) is 1. The monoisotopic (exact) mass is 399 g/mol. The fraction of sp³-hybridized carbons (Fsp3) is 0.0588. The molecule has 3 nitrogen and oxygen atoms in total. The van der Waals surface area contributed by atoms with E-state index in [1.165, 1.54) is 6.07 Å². The van der Waals surface area contributed by atoms with Crippen molar-refractivity contribution in [3.8, 4) is 0 Å². The van der Waals surface area contributed by atoms with Gasteiger partial charge in [0.15, 0.2) is 0 Å². The predicted octanol–water partition coefficient (Wildman–Crippen LogP) is 5.28. The lowest BCUT2D eigenvalue weighted by Gasteiger charge is -2.11. The molecular formula is C17H12Cl3NO2S. The Labute approximate surface area is 155 Å². The predicted molar refractivity (Wildman–Crippen MR) is 99.4 cm³/mol. The number of benzene rings is 3. The van der Waals surface area contributed by atoms with Gasteiger partial charge in [-0.2, -0.15) is 0 Å². The summed E-state index contributed by atoms with van der Waals surface area (Å²) in [5, 5.41) is 2.54. The highest BCUT2D eigenvalue weighted by Gasteiger charge is 2.19. The van der Waals surface area contributed by atoms with E-state index in [1.807, 2.05) is 12.1 Å². The Hall–Kier alpha value is -1.30. The van der Waals surface area contributed by atoms with Crippen LogP contribution in [0, 0.1) is 0 Å². The van der Waals surface area contributed by atoms with Gasteiger partial charge in [-0.3, -0.25) is 0 Å². The van der Waals surface area contributed by atoms with Crippen LogP contribution in [0.2, 0.25) is 15.1 Å². The van der Waals surface area contributed by atoms with Crippen LogP contribution in [0.5, 0.6) is 0 Å². The second-order valence-electron chi connectivity index (χ2n) is 5.15. The molecule has 1 N–H and O–H groups in total. The van der Waals surface area contributed by atoms with E-state index in [0.29, 0.717) is 26.0 Å². The number of sulfonamides is 1. The Balaban J connectivity index is 1.97. The van der Waals surface area contributed by atoms with Gasteiger partial charge in [-0.25, -0.2) is 13.1 Å². The molecule has 0 unspecified atom stereocenters. The molecule has 3 rings (SSSR count). The maximum atomic E-state index is 12.7. The van der Waals surface area contributed by atoms with Crippen LogP contribution in [-0.2, 0) is 16.6 Å². The molecule has 0 bridgehead atoms. The van der Waals surface area contributed by atoms with E-state index in [4.69, 9.17) is 34.8 Å². The first-order chi connectivity index (χ1) is 11.4. The first kappa shape index (κ1) is 17.5. The lowest BCUT2D eigenvalue weighted by atomic mass is 10.1. The average molecular weight is 401 g/mol. The summed E-state index contributed by atoms with van der Waals surface area (Å²) >= 11 is 18.1. The first-order valence-corrected chi connectivity index (χ1v) is 9.61. The Morgan fingerprint density at radius 1 is 0.875 bits per heavy atom. The van der Waals surface area contributed by atoms with Crippen molar-refractivity contribution in [1.29, 1.82) is 0 Å². The normalized spacial score (nSPS) is 11.8. The van der Waals surface area contributed by atoms with Gasteiger partial charge < -0.3 is 0 Å². The Morgan fingerprint density at radius 2 is 1.58 bits per heavy atom.